The smallest absolute Gasteiger partial charge is 0.409 e. The van der Waals surface area contributed by atoms with Crippen LogP contribution < -0.4 is 4.74 Å². The van der Waals surface area contributed by atoms with Gasteiger partial charge >= 0.3 is 6.09 Å². The van der Waals surface area contributed by atoms with Gasteiger partial charge in [-0.1, -0.05) is 17.7 Å². The van der Waals surface area contributed by atoms with E-state index in [9.17, 15) is 9.59 Å². The summed E-state index contributed by atoms with van der Waals surface area (Å²) in [6.07, 6.45) is -0.320. The molecule has 1 aliphatic rings. The van der Waals surface area contributed by atoms with Crippen LogP contribution in [0.4, 0.5) is 4.79 Å². The van der Waals surface area contributed by atoms with Gasteiger partial charge in [-0.2, -0.15) is 0 Å². The summed E-state index contributed by atoms with van der Waals surface area (Å²) in [5, 5.41) is 0.770. The number of aromatic nitrogens is 1. The number of ether oxygens (including phenoxy) is 2. The van der Waals surface area contributed by atoms with Crippen LogP contribution in [0.1, 0.15) is 32.9 Å². The normalized spacial score (nSPS) is 14.1. The number of hydrogen-bond donors (Lipinski definition) is 0. The molecule has 0 unspecified atom stereocenters. The summed E-state index contributed by atoms with van der Waals surface area (Å²) in [5.74, 6) is 0.738. The predicted molar refractivity (Wildman–Crippen MR) is 107 cm³/mol. The minimum atomic E-state index is -0.320. The fraction of sp³-hybridized carbons (Fsp3) is 0.450. The van der Waals surface area contributed by atoms with Crippen molar-refractivity contribution < 1.29 is 19.1 Å². The van der Waals surface area contributed by atoms with Crippen molar-refractivity contribution in [3.05, 3.63) is 45.4 Å². The second-order valence-electron chi connectivity index (χ2n) is 6.60. The Bertz CT molecular complexity index is 826. The van der Waals surface area contributed by atoms with E-state index >= 15 is 0 Å². The maximum Gasteiger partial charge on any atom is 0.409 e. The number of aryl methyl sites for hydroxylation is 2. The molecule has 1 saturated heterocycles. The van der Waals surface area contributed by atoms with Gasteiger partial charge in [0.25, 0.3) is 5.91 Å². The minimum absolute atomic E-state index is 0.0416. The summed E-state index contributed by atoms with van der Waals surface area (Å²) in [6.45, 7) is 8.27. The Morgan fingerprint density at radius 1 is 1.07 bits per heavy atom. The molecule has 28 heavy (non-hydrogen) atoms. The van der Waals surface area contributed by atoms with Gasteiger partial charge in [0.15, 0.2) is 0 Å². The van der Waals surface area contributed by atoms with E-state index in [4.69, 9.17) is 9.47 Å². The molecule has 1 aromatic heterocycles. The van der Waals surface area contributed by atoms with Crippen LogP contribution in [0.15, 0.2) is 24.3 Å². The van der Waals surface area contributed by atoms with Gasteiger partial charge in [0.2, 0.25) is 0 Å². The highest BCUT2D eigenvalue weighted by Crippen LogP contribution is 2.23. The number of amides is 2. The van der Waals surface area contributed by atoms with Crippen molar-refractivity contribution in [2.45, 2.75) is 27.4 Å². The largest absolute Gasteiger partial charge is 0.486 e. The Morgan fingerprint density at radius 3 is 2.36 bits per heavy atom. The first kappa shape index (κ1) is 20.1. The van der Waals surface area contributed by atoms with Gasteiger partial charge in [-0.3, -0.25) is 4.79 Å². The quantitative estimate of drug-likeness (QED) is 0.766. The van der Waals surface area contributed by atoms with Crippen molar-refractivity contribution in [3.8, 4) is 5.75 Å². The molecule has 2 heterocycles. The average Bonchev–Trinajstić information content (AvgIpc) is 3.08. The molecule has 0 N–H and O–H groups in total. The van der Waals surface area contributed by atoms with Crippen molar-refractivity contribution in [2.24, 2.45) is 0 Å². The summed E-state index contributed by atoms with van der Waals surface area (Å²) in [7, 11) is 0. The molecule has 0 atom stereocenters. The summed E-state index contributed by atoms with van der Waals surface area (Å²) in [6, 6.07) is 7.83. The fourth-order valence-corrected chi connectivity index (χ4v) is 3.89. The Balaban J connectivity index is 1.57. The summed E-state index contributed by atoms with van der Waals surface area (Å²) in [5.41, 5.74) is 1.89. The van der Waals surface area contributed by atoms with E-state index in [1.54, 1.807) is 16.7 Å². The fourth-order valence-electron chi connectivity index (χ4n) is 2.94. The van der Waals surface area contributed by atoms with Crippen molar-refractivity contribution >= 4 is 23.3 Å². The van der Waals surface area contributed by atoms with Gasteiger partial charge in [0.1, 0.15) is 22.2 Å². The number of hydrogen-bond acceptors (Lipinski definition) is 6. The minimum Gasteiger partial charge on any atom is -0.486 e. The number of piperazine rings is 1. The molecule has 2 amide bonds. The SMILES string of the molecule is CCOC(=O)N1CCN(C(=O)c2sc(COc3ccc(C)cc3)nc2C)CC1. The zero-order valence-corrected chi connectivity index (χ0v) is 17.3. The lowest BCUT2D eigenvalue weighted by Gasteiger charge is -2.33. The molecule has 0 radical (unpaired) electrons. The molecule has 0 spiro atoms. The summed E-state index contributed by atoms with van der Waals surface area (Å²) < 4.78 is 10.8. The van der Waals surface area contributed by atoms with Gasteiger partial charge < -0.3 is 19.3 Å². The zero-order chi connectivity index (χ0) is 20.1. The van der Waals surface area contributed by atoms with Gasteiger partial charge in [-0.25, -0.2) is 9.78 Å². The van der Waals surface area contributed by atoms with Gasteiger partial charge in [0.05, 0.1) is 12.3 Å². The van der Waals surface area contributed by atoms with E-state index in [1.807, 2.05) is 38.1 Å². The number of carbonyl (C=O) groups excluding carboxylic acids is 2. The summed E-state index contributed by atoms with van der Waals surface area (Å²) >= 11 is 1.37. The molecule has 1 aromatic carbocycles. The van der Waals surface area contributed by atoms with E-state index < -0.39 is 0 Å². The van der Waals surface area contributed by atoms with E-state index in [2.05, 4.69) is 4.98 Å². The molecule has 3 rings (SSSR count). The molecule has 0 saturated carbocycles. The molecule has 0 bridgehead atoms. The van der Waals surface area contributed by atoms with Crippen molar-refractivity contribution in [2.75, 3.05) is 32.8 Å². The topological polar surface area (TPSA) is 72.0 Å². The van der Waals surface area contributed by atoms with E-state index in [1.165, 1.54) is 16.9 Å². The third-order valence-corrected chi connectivity index (χ3v) is 5.63. The average molecular weight is 404 g/mol. The van der Waals surface area contributed by atoms with Crippen molar-refractivity contribution in [3.63, 3.8) is 0 Å². The number of carbonyl (C=O) groups is 2. The predicted octanol–water partition coefficient (Wildman–Crippen LogP) is 3.25. The first-order chi connectivity index (χ1) is 13.5. The number of nitrogens with zero attached hydrogens (tertiary/aromatic N) is 3. The van der Waals surface area contributed by atoms with Crippen LogP contribution >= 0.6 is 11.3 Å². The molecule has 7 nitrogen and oxygen atoms in total. The molecule has 2 aromatic rings. The van der Waals surface area contributed by atoms with E-state index in [0.717, 1.165) is 10.8 Å². The molecule has 0 aliphatic carbocycles. The standard InChI is InChI=1S/C20H25N3O4S/c1-4-26-20(25)23-11-9-22(10-12-23)19(24)18-15(3)21-17(28-18)13-27-16-7-5-14(2)6-8-16/h5-8H,4,9-13H2,1-3H3. The number of thiazole rings is 1. The second-order valence-corrected chi connectivity index (χ2v) is 7.69. The van der Waals surface area contributed by atoms with Crippen LogP contribution in [0.25, 0.3) is 0 Å². The highest BCUT2D eigenvalue weighted by Gasteiger charge is 2.27. The lowest BCUT2D eigenvalue weighted by molar-refractivity contribution is 0.0573. The van der Waals surface area contributed by atoms with Crippen molar-refractivity contribution in [1.82, 2.24) is 14.8 Å². The Kier molecular flexibility index (Phi) is 6.51. The highest BCUT2D eigenvalue weighted by atomic mass is 32.1. The first-order valence-electron chi connectivity index (χ1n) is 9.34. The first-order valence-corrected chi connectivity index (χ1v) is 10.2. The maximum absolute atomic E-state index is 12.9. The summed E-state index contributed by atoms with van der Waals surface area (Å²) in [4.78, 5) is 33.2. The molecule has 8 heteroatoms. The highest BCUT2D eigenvalue weighted by molar-refractivity contribution is 7.13. The monoisotopic (exact) mass is 403 g/mol. The molecule has 1 aliphatic heterocycles. The van der Waals surface area contributed by atoms with Crippen LogP contribution in [-0.2, 0) is 11.3 Å². The van der Waals surface area contributed by atoms with E-state index in [-0.39, 0.29) is 12.0 Å². The lowest BCUT2D eigenvalue weighted by atomic mass is 10.2. The Hall–Kier alpha value is -2.61. The number of benzene rings is 1. The molecule has 1 fully saturated rings. The van der Waals surface area contributed by atoms with Crippen LogP contribution in [0.3, 0.4) is 0 Å². The third-order valence-electron chi connectivity index (χ3n) is 4.51. The lowest BCUT2D eigenvalue weighted by Crippen LogP contribution is -2.50. The van der Waals surface area contributed by atoms with Gasteiger partial charge in [-0.05, 0) is 32.9 Å². The van der Waals surface area contributed by atoms with Crippen LogP contribution in [0, 0.1) is 13.8 Å². The second kappa shape index (κ2) is 9.05. The zero-order valence-electron chi connectivity index (χ0n) is 16.4. The maximum atomic E-state index is 12.9. The Morgan fingerprint density at radius 2 is 1.71 bits per heavy atom. The molecular formula is C20H25N3O4S. The van der Waals surface area contributed by atoms with Crippen molar-refractivity contribution in [1.29, 1.82) is 0 Å². The van der Waals surface area contributed by atoms with Crippen LogP contribution in [0.2, 0.25) is 0 Å². The van der Waals surface area contributed by atoms with Crippen LogP contribution in [0.5, 0.6) is 5.75 Å². The van der Waals surface area contributed by atoms with E-state index in [0.29, 0.717) is 50.0 Å². The third kappa shape index (κ3) is 4.81. The molecular weight excluding hydrogens is 378 g/mol. The van der Waals surface area contributed by atoms with Crippen LogP contribution in [-0.4, -0.2) is 59.6 Å². The van der Waals surface area contributed by atoms with Gasteiger partial charge in [0, 0.05) is 26.2 Å². The molecule has 150 valence electrons. The number of rotatable bonds is 5. The Labute approximate surface area is 168 Å². The van der Waals surface area contributed by atoms with Gasteiger partial charge in [-0.15, -0.1) is 11.3 Å².